The number of phenolic OH excluding ortho intramolecular Hbond substituents is 1. The molecule has 1 amide bonds. The summed E-state index contributed by atoms with van der Waals surface area (Å²) in [4.78, 5) is 34.6. The topological polar surface area (TPSA) is 104 Å². The van der Waals surface area contributed by atoms with Crippen LogP contribution in [0.5, 0.6) is 11.5 Å². The summed E-state index contributed by atoms with van der Waals surface area (Å²) in [7, 11) is 0. The number of carbonyl (C=O) groups is 3. The van der Waals surface area contributed by atoms with Gasteiger partial charge in [0, 0.05) is 23.2 Å². The fraction of sp³-hybridized carbons (Fsp3) is 0.286. The van der Waals surface area contributed by atoms with E-state index in [4.69, 9.17) is 9.84 Å². The van der Waals surface area contributed by atoms with E-state index in [0.29, 0.717) is 17.7 Å². The summed E-state index contributed by atoms with van der Waals surface area (Å²) in [5.41, 5.74) is -2.93. The summed E-state index contributed by atoms with van der Waals surface area (Å²) in [5, 5.41) is 18.8. The van der Waals surface area contributed by atoms with Crippen LogP contribution >= 0.6 is 0 Å². The lowest BCUT2D eigenvalue weighted by atomic mass is 9.97. The number of carboxylic acid groups (broad SMARTS) is 1. The maximum Gasteiger partial charge on any atom is 0.471 e. The Balaban J connectivity index is 2.05. The molecule has 3 rings (SSSR count). The fourth-order valence-electron chi connectivity index (χ4n) is 3.56. The number of carbonyl (C=O) groups excluding carboxylic acids is 2. The third-order valence-electron chi connectivity index (χ3n) is 5.16. The highest BCUT2D eigenvalue weighted by molar-refractivity contribution is 5.98. The largest absolute Gasteiger partial charge is 0.507 e. The number of amides is 1. The van der Waals surface area contributed by atoms with Crippen molar-refractivity contribution in [1.29, 1.82) is 0 Å². The van der Waals surface area contributed by atoms with Gasteiger partial charge in [0.25, 0.3) is 0 Å². The zero-order valence-electron chi connectivity index (χ0n) is 16.9. The van der Waals surface area contributed by atoms with Crippen LogP contribution in [-0.4, -0.2) is 41.2 Å². The molecule has 1 atom stereocenters. The van der Waals surface area contributed by atoms with Crippen LogP contribution in [0.2, 0.25) is 0 Å². The van der Waals surface area contributed by atoms with Crippen LogP contribution in [0.15, 0.2) is 30.3 Å². The summed E-state index contributed by atoms with van der Waals surface area (Å²) >= 11 is 0. The molecule has 7 nitrogen and oxygen atoms in total. The molecule has 0 aromatic heterocycles. The molecular weight excluding hydrogens is 476 g/mol. The first-order chi connectivity index (χ1) is 15.7. The van der Waals surface area contributed by atoms with Gasteiger partial charge in [0.1, 0.15) is 11.5 Å². The molecule has 2 aromatic rings. The Hall–Kier alpha value is -3.77. The maximum absolute atomic E-state index is 13.3. The molecule has 0 aliphatic carbocycles. The van der Waals surface area contributed by atoms with E-state index in [2.05, 4.69) is 0 Å². The monoisotopic (exact) mass is 491 g/mol. The van der Waals surface area contributed by atoms with Gasteiger partial charge in [-0.3, -0.25) is 14.4 Å². The number of aromatic hydroxyl groups is 1. The number of nitrogens with zero attached hydrogens (tertiary/aromatic N) is 1. The Morgan fingerprint density at radius 1 is 1.12 bits per heavy atom. The standard InChI is InChI=1S/C21H15F6NO6/c22-20(23,24)15-4-1-10(14(8-29)18(15)32)7-28(19(33)21(25,26)27)12-2-3-13-11(5-17(30)31)9-34-16(13)6-12/h1-4,6,8,11,32H,5,7,9H2,(H,30,31)/t11-/m1/s1. The van der Waals surface area contributed by atoms with E-state index >= 15 is 0 Å². The highest BCUT2D eigenvalue weighted by Crippen LogP contribution is 2.41. The van der Waals surface area contributed by atoms with E-state index in [-0.39, 0.29) is 35.7 Å². The summed E-state index contributed by atoms with van der Waals surface area (Å²) in [6.07, 6.45) is -10.9. The molecule has 1 aliphatic rings. The third-order valence-corrected chi connectivity index (χ3v) is 5.16. The molecule has 13 heteroatoms. The number of carboxylic acids is 1. The van der Waals surface area contributed by atoms with Crippen molar-refractivity contribution in [1.82, 2.24) is 0 Å². The molecule has 0 radical (unpaired) electrons. The van der Waals surface area contributed by atoms with E-state index in [1.165, 1.54) is 6.07 Å². The number of hydrogen-bond donors (Lipinski definition) is 2. The maximum atomic E-state index is 13.3. The second-order valence-corrected chi connectivity index (χ2v) is 7.37. The second kappa shape index (κ2) is 8.88. The van der Waals surface area contributed by atoms with E-state index in [1.807, 2.05) is 0 Å². The summed E-state index contributed by atoms with van der Waals surface area (Å²) < 4.78 is 84.2. The summed E-state index contributed by atoms with van der Waals surface area (Å²) in [5.74, 6) is -5.52. The van der Waals surface area contributed by atoms with Crippen LogP contribution in [0, 0.1) is 0 Å². The Bertz CT molecular complexity index is 1140. The smallest absolute Gasteiger partial charge is 0.471 e. The Labute approximate surface area is 187 Å². The van der Waals surface area contributed by atoms with Crippen molar-refractivity contribution in [2.75, 3.05) is 11.5 Å². The minimum Gasteiger partial charge on any atom is -0.507 e. The average Bonchev–Trinajstić information content (AvgIpc) is 3.11. The van der Waals surface area contributed by atoms with Gasteiger partial charge < -0.3 is 19.8 Å². The minimum absolute atomic E-state index is 0.0367. The number of fused-ring (bicyclic) bond motifs is 1. The van der Waals surface area contributed by atoms with Crippen molar-refractivity contribution in [3.05, 3.63) is 52.6 Å². The molecule has 0 bridgehead atoms. The lowest BCUT2D eigenvalue weighted by Crippen LogP contribution is -2.41. The van der Waals surface area contributed by atoms with Crippen LogP contribution in [0.25, 0.3) is 0 Å². The van der Waals surface area contributed by atoms with Crippen LogP contribution < -0.4 is 9.64 Å². The van der Waals surface area contributed by atoms with Crippen LogP contribution in [0.4, 0.5) is 32.0 Å². The van der Waals surface area contributed by atoms with Crippen molar-refractivity contribution in [2.24, 2.45) is 0 Å². The quantitative estimate of drug-likeness (QED) is 0.462. The lowest BCUT2D eigenvalue weighted by molar-refractivity contribution is -0.170. The highest BCUT2D eigenvalue weighted by Gasteiger charge is 2.44. The van der Waals surface area contributed by atoms with Gasteiger partial charge in [-0.05, 0) is 17.7 Å². The van der Waals surface area contributed by atoms with Crippen LogP contribution in [-0.2, 0) is 22.3 Å². The average molecular weight is 491 g/mol. The van der Waals surface area contributed by atoms with Gasteiger partial charge in [-0.2, -0.15) is 26.3 Å². The molecular formula is C21H15F6NO6. The van der Waals surface area contributed by atoms with Crippen molar-refractivity contribution < 1.29 is 55.7 Å². The molecule has 1 heterocycles. The van der Waals surface area contributed by atoms with Gasteiger partial charge in [-0.15, -0.1) is 0 Å². The third kappa shape index (κ3) is 4.92. The first-order valence-electron chi connectivity index (χ1n) is 9.48. The van der Waals surface area contributed by atoms with E-state index in [9.17, 15) is 45.8 Å². The molecule has 0 saturated heterocycles. The predicted octanol–water partition coefficient (Wildman–Crippen LogP) is 4.27. The van der Waals surface area contributed by atoms with Gasteiger partial charge >= 0.3 is 24.2 Å². The number of alkyl halides is 6. The normalized spacial score (nSPS) is 15.4. The predicted molar refractivity (Wildman–Crippen MR) is 103 cm³/mol. The number of halogens is 6. The van der Waals surface area contributed by atoms with E-state index in [1.54, 1.807) is 0 Å². The number of anilines is 1. The van der Waals surface area contributed by atoms with Gasteiger partial charge in [0.05, 0.1) is 30.7 Å². The van der Waals surface area contributed by atoms with Crippen LogP contribution in [0.3, 0.4) is 0 Å². The lowest BCUT2D eigenvalue weighted by Gasteiger charge is -2.25. The van der Waals surface area contributed by atoms with E-state index < -0.39 is 59.1 Å². The number of phenols is 1. The number of benzene rings is 2. The Morgan fingerprint density at radius 2 is 1.79 bits per heavy atom. The molecule has 0 saturated carbocycles. The number of hydrogen-bond acceptors (Lipinski definition) is 5. The van der Waals surface area contributed by atoms with Crippen molar-refractivity contribution in [2.45, 2.75) is 31.2 Å². The number of ether oxygens (including phenoxy) is 1. The summed E-state index contributed by atoms with van der Waals surface area (Å²) in [6.45, 7) is -1.06. The summed E-state index contributed by atoms with van der Waals surface area (Å²) in [6, 6.07) is 4.51. The number of aliphatic carboxylic acids is 1. The van der Waals surface area contributed by atoms with Gasteiger partial charge in [-0.25, -0.2) is 0 Å². The number of rotatable bonds is 6. The van der Waals surface area contributed by atoms with Crippen molar-refractivity contribution in [3.8, 4) is 11.5 Å². The highest BCUT2D eigenvalue weighted by atomic mass is 19.4. The number of aldehydes is 1. The molecule has 0 unspecified atom stereocenters. The molecule has 0 spiro atoms. The van der Waals surface area contributed by atoms with Crippen molar-refractivity contribution >= 4 is 23.9 Å². The minimum atomic E-state index is -5.39. The van der Waals surface area contributed by atoms with Crippen molar-refractivity contribution in [3.63, 3.8) is 0 Å². The van der Waals surface area contributed by atoms with Crippen LogP contribution in [0.1, 0.15) is 39.4 Å². The first kappa shape index (κ1) is 24.9. The molecule has 2 aromatic carbocycles. The van der Waals surface area contributed by atoms with Gasteiger partial charge in [0.15, 0.2) is 6.29 Å². The molecule has 0 fully saturated rings. The SMILES string of the molecule is O=Cc1c(CN(C(=O)C(F)(F)F)c2ccc3c(c2)OC[C@H]3CC(=O)O)ccc(C(F)(F)F)c1O. The molecule has 182 valence electrons. The second-order valence-electron chi connectivity index (χ2n) is 7.37. The molecule has 34 heavy (non-hydrogen) atoms. The van der Waals surface area contributed by atoms with Gasteiger partial charge in [-0.1, -0.05) is 12.1 Å². The zero-order chi connectivity index (χ0) is 25.4. The first-order valence-corrected chi connectivity index (χ1v) is 9.48. The van der Waals surface area contributed by atoms with E-state index in [0.717, 1.165) is 12.1 Å². The van der Waals surface area contributed by atoms with Gasteiger partial charge in [0.2, 0.25) is 0 Å². The fourth-order valence-corrected chi connectivity index (χ4v) is 3.56. The molecule has 1 aliphatic heterocycles. The molecule has 2 N–H and O–H groups in total. The zero-order valence-corrected chi connectivity index (χ0v) is 16.9. The Kier molecular flexibility index (Phi) is 6.49. The Morgan fingerprint density at radius 3 is 2.35 bits per heavy atom.